The van der Waals surface area contributed by atoms with Crippen LogP contribution in [0.2, 0.25) is 0 Å². The number of nitrogens with one attached hydrogen (secondary N) is 1. The minimum Gasteiger partial charge on any atom is -0.493 e. The first-order chi connectivity index (χ1) is 15.9. The van der Waals surface area contributed by atoms with Crippen molar-refractivity contribution in [2.24, 2.45) is 0 Å². The van der Waals surface area contributed by atoms with E-state index in [9.17, 15) is 17.2 Å². The van der Waals surface area contributed by atoms with Crippen molar-refractivity contribution in [3.63, 3.8) is 0 Å². The van der Waals surface area contributed by atoms with Crippen LogP contribution in [0.25, 0.3) is 33.3 Å². The van der Waals surface area contributed by atoms with E-state index < -0.39 is 21.7 Å². The number of sulfonamides is 1. The van der Waals surface area contributed by atoms with Crippen LogP contribution >= 0.6 is 0 Å². The first-order valence-corrected chi connectivity index (χ1v) is 11.9. The number of pyridine rings is 1. The van der Waals surface area contributed by atoms with Crippen molar-refractivity contribution in [1.29, 1.82) is 0 Å². The Morgan fingerprint density at radius 2 is 1.82 bits per heavy atom. The Hall–Kier alpha value is -3.30. The molecule has 6 nitrogen and oxygen atoms in total. The summed E-state index contributed by atoms with van der Waals surface area (Å²) < 4.78 is 60.9. The molecule has 0 atom stereocenters. The minimum atomic E-state index is -3.56. The van der Waals surface area contributed by atoms with E-state index in [0.717, 1.165) is 18.9 Å². The van der Waals surface area contributed by atoms with Crippen molar-refractivity contribution in [2.45, 2.75) is 17.7 Å². The number of halogens is 2. The van der Waals surface area contributed by atoms with Crippen LogP contribution in [-0.4, -0.2) is 42.9 Å². The standard InChI is InChI=1S/C24H21F2N3O3S/c1-32-23-19(11-17(25)12-22(23)26)21-14-28-24-20(21)10-16(13-27-24)15-5-4-6-18(9-15)33(30,31)29-7-2-3-8-29/h4-6,9-14H,2-3,7-8H2,1H3,(H,27,28). The number of aromatic amines is 1. The van der Waals surface area contributed by atoms with E-state index in [2.05, 4.69) is 9.97 Å². The highest BCUT2D eigenvalue weighted by atomic mass is 32.2. The molecule has 2 aromatic heterocycles. The number of methoxy groups -OCH3 is 1. The Morgan fingerprint density at radius 3 is 2.58 bits per heavy atom. The molecule has 1 saturated heterocycles. The lowest BCUT2D eigenvalue weighted by Crippen LogP contribution is -2.27. The molecule has 0 aliphatic carbocycles. The molecule has 0 unspecified atom stereocenters. The fourth-order valence-corrected chi connectivity index (χ4v) is 5.83. The molecule has 1 aliphatic rings. The molecule has 33 heavy (non-hydrogen) atoms. The lowest BCUT2D eigenvalue weighted by atomic mass is 10.0. The molecule has 3 heterocycles. The van der Waals surface area contributed by atoms with Crippen molar-refractivity contribution < 1.29 is 21.9 Å². The van der Waals surface area contributed by atoms with E-state index in [4.69, 9.17) is 4.74 Å². The Balaban J connectivity index is 1.61. The summed E-state index contributed by atoms with van der Waals surface area (Å²) in [7, 11) is -2.24. The summed E-state index contributed by atoms with van der Waals surface area (Å²) in [5.74, 6) is -1.59. The lowest BCUT2D eigenvalue weighted by Gasteiger charge is -2.16. The minimum absolute atomic E-state index is 0.0681. The number of hydrogen-bond donors (Lipinski definition) is 1. The normalized spacial score (nSPS) is 14.8. The predicted octanol–water partition coefficient (Wildman–Crippen LogP) is 4.97. The number of H-pyrrole nitrogens is 1. The van der Waals surface area contributed by atoms with Gasteiger partial charge in [0.2, 0.25) is 10.0 Å². The molecule has 1 N–H and O–H groups in total. The topological polar surface area (TPSA) is 75.3 Å². The molecule has 0 bridgehead atoms. The molecule has 2 aromatic carbocycles. The lowest BCUT2D eigenvalue weighted by molar-refractivity contribution is 0.386. The molecule has 0 spiro atoms. The summed E-state index contributed by atoms with van der Waals surface area (Å²) in [4.78, 5) is 7.67. The van der Waals surface area contributed by atoms with Crippen LogP contribution in [0.4, 0.5) is 8.78 Å². The fourth-order valence-electron chi connectivity index (χ4n) is 4.27. The van der Waals surface area contributed by atoms with E-state index in [1.807, 2.05) is 6.07 Å². The first kappa shape index (κ1) is 21.5. The molecule has 9 heteroatoms. The monoisotopic (exact) mass is 469 g/mol. The van der Waals surface area contributed by atoms with Crippen LogP contribution in [0, 0.1) is 11.6 Å². The van der Waals surface area contributed by atoms with Gasteiger partial charge in [0, 0.05) is 53.6 Å². The number of benzene rings is 2. The zero-order chi connectivity index (χ0) is 23.2. The first-order valence-electron chi connectivity index (χ1n) is 10.5. The third-order valence-electron chi connectivity index (χ3n) is 5.90. The Morgan fingerprint density at radius 1 is 1.03 bits per heavy atom. The van der Waals surface area contributed by atoms with Gasteiger partial charge in [-0.15, -0.1) is 0 Å². The van der Waals surface area contributed by atoms with Gasteiger partial charge in [-0.1, -0.05) is 12.1 Å². The van der Waals surface area contributed by atoms with Gasteiger partial charge in [-0.2, -0.15) is 4.31 Å². The average molecular weight is 470 g/mol. The van der Waals surface area contributed by atoms with Crippen molar-refractivity contribution in [2.75, 3.05) is 20.2 Å². The van der Waals surface area contributed by atoms with Crippen molar-refractivity contribution in [3.8, 4) is 28.0 Å². The van der Waals surface area contributed by atoms with Gasteiger partial charge < -0.3 is 9.72 Å². The van der Waals surface area contributed by atoms with Crippen molar-refractivity contribution in [3.05, 3.63) is 66.5 Å². The predicted molar refractivity (Wildman–Crippen MR) is 121 cm³/mol. The van der Waals surface area contributed by atoms with Gasteiger partial charge in [-0.3, -0.25) is 0 Å². The maximum Gasteiger partial charge on any atom is 0.243 e. The second kappa shape index (κ2) is 8.24. The maximum atomic E-state index is 14.3. The highest BCUT2D eigenvalue weighted by Crippen LogP contribution is 2.38. The van der Waals surface area contributed by atoms with Crippen LogP contribution in [0.15, 0.2) is 59.8 Å². The van der Waals surface area contributed by atoms with E-state index >= 15 is 0 Å². The number of aromatic nitrogens is 2. The zero-order valence-electron chi connectivity index (χ0n) is 17.8. The van der Waals surface area contributed by atoms with Gasteiger partial charge in [0.15, 0.2) is 11.6 Å². The molecule has 1 aliphatic heterocycles. The van der Waals surface area contributed by atoms with E-state index in [1.54, 1.807) is 36.7 Å². The second-order valence-electron chi connectivity index (χ2n) is 7.93. The highest BCUT2D eigenvalue weighted by Gasteiger charge is 2.27. The highest BCUT2D eigenvalue weighted by molar-refractivity contribution is 7.89. The van der Waals surface area contributed by atoms with Crippen molar-refractivity contribution >= 4 is 21.1 Å². The number of nitrogens with zero attached hydrogens (tertiary/aromatic N) is 2. The van der Waals surface area contributed by atoms with Crippen molar-refractivity contribution in [1.82, 2.24) is 14.3 Å². The molecular weight excluding hydrogens is 448 g/mol. The van der Waals surface area contributed by atoms with Crippen LogP contribution in [0.5, 0.6) is 5.75 Å². The summed E-state index contributed by atoms with van der Waals surface area (Å²) in [6, 6.07) is 10.5. The maximum absolute atomic E-state index is 14.3. The van der Waals surface area contributed by atoms with Gasteiger partial charge in [0.05, 0.1) is 12.0 Å². The van der Waals surface area contributed by atoms with Gasteiger partial charge in [0.25, 0.3) is 0 Å². The van der Waals surface area contributed by atoms with Gasteiger partial charge in [-0.05, 0) is 42.7 Å². The molecule has 0 radical (unpaired) electrons. The smallest absolute Gasteiger partial charge is 0.243 e. The molecular formula is C24H21F2N3O3S. The van der Waals surface area contributed by atoms with Crippen LogP contribution < -0.4 is 4.74 Å². The zero-order valence-corrected chi connectivity index (χ0v) is 18.6. The second-order valence-corrected chi connectivity index (χ2v) is 9.87. The SMILES string of the molecule is COc1c(F)cc(F)cc1-c1c[nH]c2ncc(-c3cccc(S(=O)(=O)N4CCCC4)c3)cc12. The summed E-state index contributed by atoms with van der Waals surface area (Å²) in [6.07, 6.45) is 4.97. The summed E-state index contributed by atoms with van der Waals surface area (Å²) >= 11 is 0. The third kappa shape index (κ3) is 3.77. The summed E-state index contributed by atoms with van der Waals surface area (Å²) in [5.41, 5.74) is 2.66. The molecule has 1 fully saturated rings. The summed E-state index contributed by atoms with van der Waals surface area (Å²) in [6.45, 7) is 1.05. The van der Waals surface area contributed by atoms with Crippen LogP contribution in [0.3, 0.4) is 0 Å². The number of hydrogen-bond acceptors (Lipinski definition) is 4. The number of rotatable bonds is 5. The fraction of sp³-hybridized carbons (Fsp3) is 0.208. The summed E-state index contributed by atoms with van der Waals surface area (Å²) in [5, 5.41) is 0.628. The number of ether oxygens (including phenoxy) is 1. The Labute approximate surface area is 189 Å². The molecule has 0 amide bonds. The van der Waals surface area contributed by atoms with Gasteiger partial charge >= 0.3 is 0 Å². The Kier molecular flexibility index (Phi) is 5.38. The molecule has 5 rings (SSSR count). The van der Waals surface area contributed by atoms with Crippen LogP contribution in [-0.2, 0) is 10.0 Å². The van der Waals surface area contributed by atoms with E-state index in [0.29, 0.717) is 40.8 Å². The molecule has 0 saturated carbocycles. The molecule has 170 valence electrons. The van der Waals surface area contributed by atoms with E-state index in [-0.39, 0.29) is 16.2 Å². The largest absolute Gasteiger partial charge is 0.493 e. The van der Waals surface area contributed by atoms with E-state index in [1.165, 1.54) is 17.5 Å². The quantitative estimate of drug-likeness (QED) is 0.448. The Bertz CT molecular complexity index is 1460. The average Bonchev–Trinajstić information content (AvgIpc) is 3.49. The third-order valence-corrected chi connectivity index (χ3v) is 7.80. The van der Waals surface area contributed by atoms with Gasteiger partial charge in [0.1, 0.15) is 11.5 Å². The molecule has 4 aromatic rings. The van der Waals surface area contributed by atoms with Crippen LogP contribution in [0.1, 0.15) is 12.8 Å². The number of fused-ring (bicyclic) bond motifs is 1. The van der Waals surface area contributed by atoms with Gasteiger partial charge in [-0.25, -0.2) is 22.2 Å².